The van der Waals surface area contributed by atoms with Gasteiger partial charge in [-0.15, -0.1) is 0 Å². The highest BCUT2D eigenvalue weighted by Crippen LogP contribution is 2.28. The lowest BCUT2D eigenvalue weighted by atomic mass is 10.2. The largest absolute Gasteiger partial charge is 0.478 e. The number of aromatic carboxylic acids is 1. The molecule has 0 spiro atoms. The molecular formula is C12H8BrFN2O3. The van der Waals surface area contributed by atoms with Crippen molar-refractivity contribution in [2.24, 2.45) is 0 Å². The van der Waals surface area contributed by atoms with E-state index >= 15 is 0 Å². The van der Waals surface area contributed by atoms with Gasteiger partial charge in [-0.2, -0.15) is 0 Å². The average Bonchev–Trinajstić information content (AvgIpc) is 2.36. The third-order valence-electron chi connectivity index (χ3n) is 2.23. The summed E-state index contributed by atoms with van der Waals surface area (Å²) in [7, 11) is 0. The Morgan fingerprint density at radius 3 is 2.74 bits per heavy atom. The molecule has 0 amide bonds. The number of carboxylic acids is 1. The smallest absolute Gasteiger partial charge is 0.337 e. The minimum absolute atomic E-state index is 0.0201. The molecule has 98 valence electrons. The van der Waals surface area contributed by atoms with Crippen LogP contribution in [0.25, 0.3) is 0 Å². The fourth-order valence-electron chi connectivity index (χ4n) is 1.32. The monoisotopic (exact) mass is 326 g/mol. The Balaban J connectivity index is 2.28. The molecule has 0 radical (unpaired) electrons. The van der Waals surface area contributed by atoms with E-state index in [2.05, 4.69) is 20.9 Å². The van der Waals surface area contributed by atoms with Crippen LogP contribution in [0.15, 0.2) is 34.9 Å². The minimum Gasteiger partial charge on any atom is -0.478 e. The van der Waals surface area contributed by atoms with Crippen LogP contribution >= 0.6 is 15.9 Å². The summed E-state index contributed by atoms with van der Waals surface area (Å²) in [5, 5.41) is 8.77. The van der Waals surface area contributed by atoms with Crippen LogP contribution in [-0.4, -0.2) is 16.1 Å². The Hall–Kier alpha value is -2.15. The fraction of sp³-hybridized carbons (Fsp3) is 0. The van der Waals surface area contributed by atoms with Gasteiger partial charge < -0.3 is 15.6 Å². The molecule has 0 unspecified atom stereocenters. The van der Waals surface area contributed by atoms with E-state index in [0.717, 1.165) is 12.3 Å². The quantitative estimate of drug-likeness (QED) is 0.905. The lowest BCUT2D eigenvalue weighted by Crippen LogP contribution is -2.01. The molecule has 1 heterocycles. The highest BCUT2D eigenvalue weighted by Gasteiger charge is 2.10. The number of benzene rings is 1. The molecule has 1 aromatic carbocycles. The first-order chi connectivity index (χ1) is 8.97. The summed E-state index contributed by atoms with van der Waals surface area (Å²) in [4.78, 5) is 14.5. The molecule has 0 aliphatic rings. The van der Waals surface area contributed by atoms with E-state index in [1.807, 2.05) is 0 Å². The van der Waals surface area contributed by atoms with E-state index in [9.17, 15) is 9.18 Å². The molecular weight excluding hydrogens is 319 g/mol. The van der Waals surface area contributed by atoms with Crippen molar-refractivity contribution in [1.82, 2.24) is 4.98 Å². The van der Waals surface area contributed by atoms with Crippen molar-refractivity contribution in [2.45, 2.75) is 0 Å². The number of anilines is 1. The molecule has 2 rings (SSSR count). The zero-order chi connectivity index (χ0) is 14.0. The van der Waals surface area contributed by atoms with Gasteiger partial charge in [0.25, 0.3) is 0 Å². The zero-order valence-electron chi connectivity index (χ0n) is 9.43. The van der Waals surface area contributed by atoms with Crippen molar-refractivity contribution < 1.29 is 19.0 Å². The van der Waals surface area contributed by atoms with Gasteiger partial charge in [-0.25, -0.2) is 14.2 Å². The minimum atomic E-state index is -1.14. The van der Waals surface area contributed by atoms with Gasteiger partial charge in [0.2, 0.25) is 5.88 Å². The molecule has 2 aromatic rings. The highest BCUT2D eigenvalue weighted by atomic mass is 79.9. The van der Waals surface area contributed by atoms with Crippen molar-refractivity contribution >= 4 is 27.6 Å². The maximum atomic E-state index is 13.3. The second-order valence-electron chi connectivity index (χ2n) is 3.60. The molecule has 1 aromatic heterocycles. The highest BCUT2D eigenvalue weighted by molar-refractivity contribution is 9.10. The molecule has 0 atom stereocenters. The topological polar surface area (TPSA) is 85.4 Å². The number of nitrogens with two attached hydrogens (primary N) is 1. The predicted molar refractivity (Wildman–Crippen MR) is 69.8 cm³/mol. The van der Waals surface area contributed by atoms with Crippen molar-refractivity contribution in [3.05, 3.63) is 46.3 Å². The molecule has 0 bridgehead atoms. The first-order valence-corrected chi connectivity index (χ1v) is 5.88. The van der Waals surface area contributed by atoms with E-state index in [4.69, 9.17) is 15.6 Å². The van der Waals surface area contributed by atoms with Crippen LogP contribution in [-0.2, 0) is 0 Å². The second-order valence-corrected chi connectivity index (χ2v) is 4.46. The number of nitrogens with zero attached hydrogens (tertiary/aromatic N) is 1. The lowest BCUT2D eigenvalue weighted by Gasteiger charge is -2.08. The van der Waals surface area contributed by atoms with E-state index in [1.165, 1.54) is 18.2 Å². The average molecular weight is 327 g/mol. The Morgan fingerprint density at radius 1 is 1.42 bits per heavy atom. The van der Waals surface area contributed by atoms with Crippen molar-refractivity contribution in [1.29, 1.82) is 0 Å². The first kappa shape index (κ1) is 13.3. The summed E-state index contributed by atoms with van der Waals surface area (Å²) < 4.78 is 18.9. The van der Waals surface area contributed by atoms with Crippen LogP contribution in [0.5, 0.6) is 11.6 Å². The molecule has 0 fully saturated rings. The molecule has 19 heavy (non-hydrogen) atoms. The van der Waals surface area contributed by atoms with Gasteiger partial charge in [0, 0.05) is 12.3 Å². The number of halogens is 2. The molecule has 5 nitrogen and oxygen atoms in total. The number of rotatable bonds is 3. The van der Waals surface area contributed by atoms with Gasteiger partial charge in [-0.3, -0.25) is 0 Å². The predicted octanol–water partition coefficient (Wildman–Crippen LogP) is 3.06. The molecule has 0 aliphatic carbocycles. The van der Waals surface area contributed by atoms with Gasteiger partial charge in [0.1, 0.15) is 11.6 Å². The summed E-state index contributed by atoms with van der Waals surface area (Å²) in [6.07, 6.45) is 1.11. The van der Waals surface area contributed by atoms with Gasteiger partial charge in [0.15, 0.2) is 0 Å². The van der Waals surface area contributed by atoms with E-state index in [0.29, 0.717) is 4.47 Å². The number of carboxylic acid groups (broad SMARTS) is 1. The molecule has 0 saturated heterocycles. The van der Waals surface area contributed by atoms with Crippen LogP contribution in [0.1, 0.15) is 10.4 Å². The summed E-state index contributed by atoms with van der Waals surface area (Å²) in [5.41, 5.74) is 5.63. The van der Waals surface area contributed by atoms with Gasteiger partial charge >= 0.3 is 5.97 Å². The molecule has 0 saturated carbocycles. The summed E-state index contributed by atoms with van der Waals surface area (Å²) in [6, 6.07) is 5.39. The maximum absolute atomic E-state index is 13.3. The third-order valence-corrected chi connectivity index (χ3v) is 2.87. The standard InChI is InChI=1S/C12H8BrFN2O3/c13-8-2-1-7(4-9(8)14)19-11-10(15)3-6(5-16-11)12(17)18/h1-5H,15H2,(H,17,18). The van der Waals surface area contributed by atoms with Crippen molar-refractivity contribution in [3.63, 3.8) is 0 Å². The summed E-state index contributed by atoms with van der Waals surface area (Å²) in [6.45, 7) is 0. The molecule has 0 aliphatic heterocycles. The fourth-order valence-corrected chi connectivity index (χ4v) is 1.57. The molecule has 3 N–H and O–H groups in total. The number of ether oxygens (including phenoxy) is 1. The number of carbonyl (C=O) groups is 1. The van der Waals surface area contributed by atoms with Crippen molar-refractivity contribution in [2.75, 3.05) is 5.73 Å². The molecule has 7 heteroatoms. The third kappa shape index (κ3) is 3.00. The summed E-state index contributed by atoms with van der Waals surface area (Å²) in [5.74, 6) is -1.40. The normalized spacial score (nSPS) is 10.2. The van der Waals surface area contributed by atoms with Crippen molar-refractivity contribution in [3.8, 4) is 11.6 Å². The van der Waals surface area contributed by atoms with E-state index < -0.39 is 11.8 Å². The van der Waals surface area contributed by atoms with E-state index in [1.54, 1.807) is 0 Å². The Labute approximate surface area is 116 Å². The Bertz CT molecular complexity index is 649. The van der Waals surface area contributed by atoms with Crippen LogP contribution in [0.3, 0.4) is 0 Å². The maximum Gasteiger partial charge on any atom is 0.337 e. The first-order valence-electron chi connectivity index (χ1n) is 5.09. The van der Waals surface area contributed by atoms with Crippen LogP contribution in [0.2, 0.25) is 0 Å². The number of aromatic nitrogens is 1. The SMILES string of the molecule is Nc1cc(C(=O)O)cnc1Oc1ccc(Br)c(F)c1. The van der Waals surface area contributed by atoms with Gasteiger partial charge in [-0.1, -0.05) is 0 Å². The number of hydrogen-bond donors (Lipinski definition) is 2. The van der Waals surface area contributed by atoms with Crippen LogP contribution in [0, 0.1) is 5.82 Å². The number of nitrogen functional groups attached to an aromatic ring is 1. The number of pyridine rings is 1. The van der Waals surface area contributed by atoms with E-state index in [-0.39, 0.29) is 22.9 Å². The number of hydrogen-bond acceptors (Lipinski definition) is 4. The zero-order valence-corrected chi connectivity index (χ0v) is 11.0. The van der Waals surface area contributed by atoms with Crippen LogP contribution in [0.4, 0.5) is 10.1 Å². The van der Waals surface area contributed by atoms with Crippen LogP contribution < -0.4 is 10.5 Å². The second kappa shape index (κ2) is 5.23. The van der Waals surface area contributed by atoms with Gasteiger partial charge in [-0.05, 0) is 34.1 Å². The van der Waals surface area contributed by atoms with Gasteiger partial charge in [0.05, 0.1) is 15.7 Å². The Kier molecular flexibility index (Phi) is 3.66. The summed E-state index contributed by atoms with van der Waals surface area (Å²) >= 11 is 3.02. The Morgan fingerprint density at radius 2 is 2.16 bits per heavy atom. The lowest BCUT2D eigenvalue weighted by molar-refractivity contribution is 0.0696.